The average Bonchev–Trinajstić information content (AvgIpc) is 2.65. The minimum Gasteiger partial charge on any atom is -0.448 e. The van der Waals surface area contributed by atoms with E-state index in [4.69, 9.17) is 22.1 Å². The molecule has 1 aliphatic heterocycles. The van der Waals surface area contributed by atoms with Crippen molar-refractivity contribution < 1.29 is 9.53 Å². The van der Waals surface area contributed by atoms with Crippen LogP contribution in [0.4, 0.5) is 4.79 Å². The molecule has 1 amide bonds. The number of nitrogens with zero attached hydrogens (tertiary/aromatic N) is 1. The minimum atomic E-state index is -0.288. The highest BCUT2D eigenvalue weighted by molar-refractivity contribution is 6.30. The summed E-state index contributed by atoms with van der Waals surface area (Å²) in [4.78, 5) is 12.8. The van der Waals surface area contributed by atoms with Crippen LogP contribution in [-0.4, -0.2) is 30.7 Å². The van der Waals surface area contributed by atoms with Crippen LogP contribution in [0.15, 0.2) is 24.3 Å². The summed E-state index contributed by atoms with van der Waals surface area (Å²) in [5.41, 5.74) is 6.96. The van der Waals surface area contributed by atoms with Crippen LogP contribution in [0, 0.1) is 0 Å². The average molecular weight is 241 g/mol. The molecule has 0 spiro atoms. The van der Waals surface area contributed by atoms with Gasteiger partial charge >= 0.3 is 6.09 Å². The Hall–Kier alpha value is -1.26. The molecular weight excluding hydrogens is 228 g/mol. The SMILES string of the molecule is NC(CN1CCOC1=O)c1ccc(Cl)cc1. The van der Waals surface area contributed by atoms with E-state index in [1.54, 1.807) is 17.0 Å². The second-order valence-electron chi connectivity index (χ2n) is 3.72. The lowest BCUT2D eigenvalue weighted by Gasteiger charge is -2.18. The van der Waals surface area contributed by atoms with E-state index < -0.39 is 0 Å². The third kappa shape index (κ3) is 2.46. The predicted octanol–water partition coefficient (Wildman–Crippen LogP) is 1.79. The Labute approximate surface area is 98.9 Å². The van der Waals surface area contributed by atoms with Gasteiger partial charge in [0.05, 0.1) is 6.54 Å². The maximum absolute atomic E-state index is 11.2. The van der Waals surface area contributed by atoms with Crippen LogP contribution in [0.1, 0.15) is 11.6 Å². The minimum absolute atomic E-state index is 0.206. The van der Waals surface area contributed by atoms with Crippen molar-refractivity contribution in [2.24, 2.45) is 5.73 Å². The number of cyclic esters (lactones) is 1. The fourth-order valence-electron chi connectivity index (χ4n) is 1.64. The first-order chi connectivity index (χ1) is 7.66. The summed E-state index contributed by atoms with van der Waals surface area (Å²) < 4.78 is 4.83. The second kappa shape index (κ2) is 4.72. The van der Waals surface area contributed by atoms with Crippen LogP contribution in [0.25, 0.3) is 0 Å². The summed E-state index contributed by atoms with van der Waals surface area (Å²) in [7, 11) is 0. The van der Waals surface area contributed by atoms with Gasteiger partial charge in [-0.05, 0) is 17.7 Å². The molecular formula is C11H13ClN2O2. The Morgan fingerprint density at radius 2 is 2.12 bits per heavy atom. The van der Waals surface area contributed by atoms with Crippen molar-refractivity contribution in [2.45, 2.75) is 6.04 Å². The fourth-order valence-corrected chi connectivity index (χ4v) is 1.77. The first-order valence-electron chi connectivity index (χ1n) is 5.09. The maximum atomic E-state index is 11.2. The van der Waals surface area contributed by atoms with Crippen molar-refractivity contribution in [3.05, 3.63) is 34.9 Å². The number of carbonyl (C=O) groups is 1. The van der Waals surface area contributed by atoms with Crippen molar-refractivity contribution in [1.29, 1.82) is 0 Å². The lowest BCUT2D eigenvalue weighted by atomic mass is 10.1. The molecule has 0 radical (unpaired) electrons. The predicted molar refractivity (Wildman–Crippen MR) is 61.3 cm³/mol. The second-order valence-corrected chi connectivity index (χ2v) is 4.15. The van der Waals surface area contributed by atoms with Gasteiger partial charge in [0.2, 0.25) is 0 Å². The monoisotopic (exact) mass is 240 g/mol. The molecule has 1 unspecified atom stereocenters. The summed E-state index contributed by atoms with van der Waals surface area (Å²) in [6.07, 6.45) is -0.288. The molecule has 0 aromatic heterocycles. The molecule has 1 aromatic rings. The summed E-state index contributed by atoms with van der Waals surface area (Å²) in [5.74, 6) is 0. The zero-order valence-electron chi connectivity index (χ0n) is 8.73. The van der Waals surface area contributed by atoms with Gasteiger partial charge in [-0.2, -0.15) is 0 Å². The quantitative estimate of drug-likeness (QED) is 0.877. The molecule has 0 saturated carbocycles. The number of halogens is 1. The number of benzene rings is 1. The van der Waals surface area contributed by atoms with Crippen molar-refractivity contribution in [3.8, 4) is 0 Å². The number of nitrogens with two attached hydrogens (primary N) is 1. The molecule has 4 nitrogen and oxygen atoms in total. The Bertz CT molecular complexity index is 380. The number of carbonyl (C=O) groups excluding carboxylic acids is 1. The normalized spacial score (nSPS) is 17.4. The topological polar surface area (TPSA) is 55.6 Å². The largest absolute Gasteiger partial charge is 0.448 e. The number of rotatable bonds is 3. The zero-order valence-corrected chi connectivity index (χ0v) is 9.48. The number of amides is 1. The molecule has 1 heterocycles. The lowest BCUT2D eigenvalue weighted by Crippen LogP contribution is -2.32. The molecule has 5 heteroatoms. The van der Waals surface area contributed by atoms with Crippen LogP contribution in [0.5, 0.6) is 0 Å². The molecule has 2 rings (SSSR count). The first kappa shape index (κ1) is 11.2. The van der Waals surface area contributed by atoms with Crippen molar-refractivity contribution in [1.82, 2.24) is 4.90 Å². The molecule has 1 aliphatic rings. The van der Waals surface area contributed by atoms with Crippen LogP contribution >= 0.6 is 11.6 Å². The highest BCUT2D eigenvalue weighted by Gasteiger charge is 2.24. The van der Waals surface area contributed by atoms with E-state index in [0.717, 1.165) is 5.56 Å². The molecule has 1 aromatic carbocycles. The van der Waals surface area contributed by atoms with Gasteiger partial charge in [-0.15, -0.1) is 0 Å². The van der Waals surface area contributed by atoms with Gasteiger partial charge in [0.25, 0.3) is 0 Å². The van der Waals surface area contributed by atoms with Gasteiger partial charge in [0.15, 0.2) is 0 Å². The molecule has 1 atom stereocenters. The van der Waals surface area contributed by atoms with E-state index in [2.05, 4.69) is 0 Å². The van der Waals surface area contributed by atoms with Crippen LogP contribution in [0.2, 0.25) is 5.02 Å². The lowest BCUT2D eigenvalue weighted by molar-refractivity contribution is 0.157. The molecule has 0 bridgehead atoms. The summed E-state index contributed by atoms with van der Waals surface area (Å²) in [6, 6.07) is 7.11. The van der Waals surface area contributed by atoms with Gasteiger partial charge in [0.1, 0.15) is 6.61 Å². The summed E-state index contributed by atoms with van der Waals surface area (Å²) >= 11 is 5.78. The third-order valence-electron chi connectivity index (χ3n) is 2.56. The van der Waals surface area contributed by atoms with Crippen LogP contribution < -0.4 is 5.73 Å². The standard InChI is InChI=1S/C11H13ClN2O2/c12-9-3-1-8(2-4-9)10(13)7-14-5-6-16-11(14)15/h1-4,10H,5-7,13H2. The van der Waals surface area contributed by atoms with Crippen molar-refractivity contribution >= 4 is 17.7 Å². The fraction of sp³-hybridized carbons (Fsp3) is 0.364. The van der Waals surface area contributed by atoms with Crippen molar-refractivity contribution in [2.75, 3.05) is 19.7 Å². The maximum Gasteiger partial charge on any atom is 0.410 e. The Morgan fingerprint density at radius 3 is 2.69 bits per heavy atom. The van der Waals surface area contributed by atoms with Crippen LogP contribution in [-0.2, 0) is 4.74 Å². The van der Waals surface area contributed by atoms with Gasteiger partial charge in [-0.1, -0.05) is 23.7 Å². The molecule has 1 fully saturated rings. The Balaban J connectivity index is 1.99. The highest BCUT2D eigenvalue weighted by atomic mass is 35.5. The summed E-state index contributed by atoms with van der Waals surface area (Å²) in [6.45, 7) is 1.53. The van der Waals surface area contributed by atoms with Crippen molar-refractivity contribution in [3.63, 3.8) is 0 Å². The summed E-state index contributed by atoms with van der Waals surface area (Å²) in [5, 5.41) is 0.677. The number of ether oxygens (including phenoxy) is 1. The van der Waals surface area contributed by atoms with E-state index in [1.807, 2.05) is 12.1 Å². The van der Waals surface area contributed by atoms with Gasteiger partial charge in [-0.25, -0.2) is 4.79 Å². The van der Waals surface area contributed by atoms with E-state index in [0.29, 0.717) is 24.7 Å². The van der Waals surface area contributed by atoms with E-state index >= 15 is 0 Å². The third-order valence-corrected chi connectivity index (χ3v) is 2.81. The highest BCUT2D eigenvalue weighted by Crippen LogP contribution is 2.17. The smallest absolute Gasteiger partial charge is 0.410 e. The van der Waals surface area contributed by atoms with Gasteiger partial charge in [0, 0.05) is 17.6 Å². The Morgan fingerprint density at radius 1 is 1.44 bits per heavy atom. The van der Waals surface area contributed by atoms with E-state index in [9.17, 15) is 4.79 Å². The molecule has 16 heavy (non-hydrogen) atoms. The molecule has 0 aliphatic carbocycles. The number of hydrogen-bond acceptors (Lipinski definition) is 3. The molecule has 1 saturated heterocycles. The molecule has 2 N–H and O–H groups in total. The Kier molecular flexibility index (Phi) is 3.31. The molecule has 86 valence electrons. The first-order valence-corrected chi connectivity index (χ1v) is 5.47. The van der Waals surface area contributed by atoms with Gasteiger partial charge < -0.3 is 15.4 Å². The number of hydrogen-bond donors (Lipinski definition) is 1. The van der Waals surface area contributed by atoms with E-state index in [-0.39, 0.29) is 12.1 Å². The van der Waals surface area contributed by atoms with Crippen LogP contribution in [0.3, 0.4) is 0 Å². The van der Waals surface area contributed by atoms with E-state index in [1.165, 1.54) is 0 Å². The zero-order chi connectivity index (χ0) is 11.5. The van der Waals surface area contributed by atoms with Gasteiger partial charge in [-0.3, -0.25) is 0 Å².